The van der Waals surface area contributed by atoms with Gasteiger partial charge in [0.2, 0.25) is 0 Å². The first-order valence-electron chi connectivity index (χ1n) is 8.46. The SMILES string of the molecule is CCCCCCCCC(CC(=O)OCCOCC)C(=O)OC. The Morgan fingerprint density at radius 3 is 2.27 bits per heavy atom. The highest BCUT2D eigenvalue weighted by Gasteiger charge is 2.23. The lowest BCUT2D eigenvalue weighted by Gasteiger charge is -2.14. The molecule has 0 amide bonds. The molecule has 0 heterocycles. The predicted octanol–water partition coefficient (Wildman–Crippen LogP) is 3.50. The van der Waals surface area contributed by atoms with Crippen molar-refractivity contribution in [2.45, 2.75) is 65.2 Å². The number of rotatable bonds is 14. The standard InChI is InChI=1S/C17H32O5/c1-4-6-7-8-9-10-11-15(17(19)20-3)14-16(18)22-13-12-21-5-2/h15H,4-14H2,1-3H3. The molecule has 0 N–H and O–H groups in total. The molecule has 1 atom stereocenters. The van der Waals surface area contributed by atoms with Crippen molar-refractivity contribution in [3.63, 3.8) is 0 Å². The molecule has 130 valence electrons. The van der Waals surface area contributed by atoms with Crippen LogP contribution in [0, 0.1) is 5.92 Å². The van der Waals surface area contributed by atoms with E-state index in [4.69, 9.17) is 14.2 Å². The summed E-state index contributed by atoms with van der Waals surface area (Å²) in [6.07, 6.45) is 7.69. The second-order valence-electron chi connectivity index (χ2n) is 5.40. The van der Waals surface area contributed by atoms with Gasteiger partial charge in [-0.3, -0.25) is 9.59 Å². The minimum Gasteiger partial charge on any atom is -0.469 e. The number of carbonyl (C=O) groups is 2. The maximum absolute atomic E-state index is 11.7. The molecule has 0 saturated carbocycles. The minimum absolute atomic E-state index is 0.0910. The first-order chi connectivity index (χ1) is 10.7. The Kier molecular flexibility index (Phi) is 14.1. The summed E-state index contributed by atoms with van der Waals surface area (Å²) < 4.78 is 14.9. The number of unbranched alkanes of at least 4 members (excludes halogenated alkanes) is 5. The summed E-state index contributed by atoms with van der Waals surface area (Å²) in [5.74, 6) is -1.08. The molecule has 0 aliphatic heterocycles. The van der Waals surface area contributed by atoms with Crippen molar-refractivity contribution in [1.29, 1.82) is 0 Å². The van der Waals surface area contributed by atoms with E-state index in [2.05, 4.69) is 6.92 Å². The van der Waals surface area contributed by atoms with Crippen molar-refractivity contribution >= 4 is 11.9 Å². The van der Waals surface area contributed by atoms with Crippen LogP contribution >= 0.6 is 0 Å². The third kappa shape index (κ3) is 11.5. The summed E-state index contributed by atoms with van der Waals surface area (Å²) in [4.78, 5) is 23.5. The summed E-state index contributed by atoms with van der Waals surface area (Å²) in [7, 11) is 1.36. The van der Waals surface area contributed by atoms with E-state index < -0.39 is 5.92 Å². The summed E-state index contributed by atoms with van der Waals surface area (Å²) in [6.45, 7) is 5.29. The van der Waals surface area contributed by atoms with E-state index >= 15 is 0 Å². The molecule has 0 saturated heterocycles. The van der Waals surface area contributed by atoms with Crippen LogP contribution in [0.15, 0.2) is 0 Å². The fourth-order valence-electron chi connectivity index (χ4n) is 2.26. The van der Waals surface area contributed by atoms with Crippen molar-refractivity contribution in [1.82, 2.24) is 0 Å². The third-order valence-electron chi connectivity index (χ3n) is 3.55. The van der Waals surface area contributed by atoms with Gasteiger partial charge in [-0.1, -0.05) is 45.4 Å². The lowest BCUT2D eigenvalue weighted by molar-refractivity contribution is -0.154. The number of ether oxygens (including phenoxy) is 3. The molecule has 0 aromatic carbocycles. The maximum Gasteiger partial charge on any atom is 0.309 e. The molecule has 0 radical (unpaired) electrons. The zero-order valence-electron chi connectivity index (χ0n) is 14.4. The van der Waals surface area contributed by atoms with Crippen LogP contribution in [-0.4, -0.2) is 38.9 Å². The molecule has 0 aromatic heterocycles. The summed E-state index contributed by atoms with van der Waals surface area (Å²) >= 11 is 0. The molecule has 0 spiro atoms. The molecule has 0 aliphatic rings. The van der Waals surface area contributed by atoms with Crippen molar-refractivity contribution < 1.29 is 23.8 Å². The smallest absolute Gasteiger partial charge is 0.309 e. The average molecular weight is 316 g/mol. The van der Waals surface area contributed by atoms with Crippen LogP contribution in [0.2, 0.25) is 0 Å². The third-order valence-corrected chi connectivity index (χ3v) is 3.55. The Morgan fingerprint density at radius 1 is 0.955 bits per heavy atom. The van der Waals surface area contributed by atoms with Gasteiger partial charge < -0.3 is 14.2 Å². The van der Waals surface area contributed by atoms with E-state index in [9.17, 15) is 9.59 Å². The Labute approximate surface area is 134 Å². The van der Waals surface area contributed by atoms with Crippen LogP contribution in [0.5, 0.6) is 0 Å². The predicted molar refractivity (Wildman–Crippen MR) is 85.6 cm³/mol. The van der Waals surface area contributed by atoms with E-state index in [0.29, 0.717) is 19.6 Å². The van der Waals surface area contributed by atoms with Crippen LogP contribution in [0.25, 0.3) is 0 Å². The van der Waals surface area contributed by atoms with Gasteiger partial charge in [-0.25, -0.2) is 0 Å². The largest absolute Gasteiger partial charge is 0.469 e. The lowest BCUT2D eigenvalue weighted by Crippen LogP contribution is -2.22. The molecule has 0 bridgehead atoms. The Morgan fingerprint density at radius 2 is 1.64 bits per heavy atom. The van der Waals surface area contributed by atoms with Gasteiger partial charge in [0.25, 0.3) is 0 Å². The molecule has 1 unspecified atom stereocenters. The zero-order chi connectivity index (χ0) is 16.6. The van der Waals surface area contributed by atoms with Crippen LogP contribution < -0.4 is 0 Å². The van der Waals surface area contributed by atoms with Crippen molar-refractivity contribution in [2.24, 2.45) is 5.92 Å². The topological polar surface area (TPSA) is 61.8 Å². The maximum atomic E-state index is 11.7. The van der Waals surface area contributed by atoms with Gasteiger partial charge in [-0.05, 0) is 13.3 Å². The highest BCUT2D eigenvalue weighted by molar-refractivity contribution is 5.79. The molecule has 0 fully saturated rings. The number of carbonyl (C=O) groups excluding carboxylic acids is 2. The van der Waals surface area contributed by atoms with E-state index in [0.717, 1.165) is 12.8 Å². The van der Waals surface area contributed by atoms with Crippen molar-refractivity contribution in [3.05, 3.63) is 0 Å². The highest BCUT2D eigenvalue weighted by Crippen LogP contribution is 2.17. The summed E-state index contributed by atoms with van der Waals surface area (Å²) in [5.41, 5.74) is 0. The Balaban J connectivity index is 3.96. The fourth-order valence-corrected chi connectivity index (χ4v) is 2.26. The molecule has 0 aliphatic carbocycles. The van der Waals surface area contributed by atoms with Crippen LogP contribution in [0.1, 0.15) is 65.2 Å². The molecule has 5 heteroatoms. The van der Waals surface area contributed by atoms with E-state index in [1.54, 1.807) is 0 Å². The van der Waals surface area contributed by atoms with Gasteiger partial charge in [-0.15, -0.1) is 0 Å². The van der Waals surface area contributed by atoms with Crippen molar-refractivity contribution in [3.8, 4) is 0 Å². The van der Waals surface area contributed by atoms with E-state index in [-0.39, 0.29) is 25.0 Å². The average Bonchev–Trinajstić information content (AvgIpc) is 2.53. The van der Waals surface area contributed by atoms with Crippen molar-refractivity contribution in [2.75, 3.05) is 26.9 Å². The molecule has 0 aromatic rings. The van der Waals surface area contributed by atoms with Gasteiger partial charge in [-0.2, -0.15) is 0 Å². The lowest BCUT2D eigenvalue weighted by atomic mass is 9.97. The van der Waals surface area contributed by atoms with E-state index in [1.165, 1.54) is 32.8 Å². The molecular weight excluding hydrogens is 284 g/mol. The Hall–Kier alpha value is -1.10. The van der Waals surface area contributed by atoms with Gasteiger partial charge in [0, 0.05) is 6.61 Å². The van der Waals surface area contributed by atoms with Gasteiger partial charge in [0.05, 0.1) is 26.1 Å². The van der Waals surface area contributed by atoms with Crippen LogP contribution in [0.3, 0.4) is 0 Å². The number of esters is 2. The first kappa shape index (κ1) is 20.9. The second-order valence-corrected chi connectivity index (χ2v) is 5.40. The molecule has 5 nitrogen and oxygen atoms in total. The highest BCUT2D eigenvalue weighted by atomic mass is 16.6. The quantitative estimate of drug-likeness (QED) is 0.362. The normalized spacial score (nSPS) is 12.0. The van der Waals surface area contributed by atoms with Gasteiger partial charge in [0.1, 0.15) is 6.61 Å². The van der Waals surface area contributed by atoms with E-state index in [1.807, 2.05) is 6.92 Å². The fraction of sp³-hybridized carbons (Fsp3) is 0.882. The molecule has 0 rings (SSSR count). The zero-order valence-corrected chi connectivity index (χ0v) is 14.4. The monoisotopic (exact) mass is 316 g/mol. The molecular formula is C17H32O5. The van der Waals surface area contributed by atoms with Gasteiger partial charge >= 0.3 is 11.9 Å². The van der Waals surface area contributed by atoms with Crippen LogP contribution in [-0.2, 0) is 23.8 Å². The number of methoxy groups -OCH3 is 1. The molecule has 22 heavy (non-hydrogen) atoms. The number of hydrogen-bond acceptors (Lipinski definition) is 5. The summed E-state index contributed by atoms with van der Waals surface area (Å²) in [6, 6.07) is 0. The second kappa shape index (κ2) is 14.8. The minimum atomic E-state index is -0.393. The first-order valence-corrected chi connectivity index (χ1v) is 8.46. The number of hydrogen-bond donors (Lipinski definition) is 0. The Bertz CT molecular complexity index is 291. The van der Waals surface area contributed by atoms with Crippen LogP contribution in [0.4, 0.5) is 0 Å². The summed E-state index contributed by atoms with van der Waals surface area (Å²) in [5, 5.41) is 0. The van der Waals surface area contributed by atoms with Gasteiger partial charge in [0.15, 0.2) is 0 Å².